The van der Waals surface area contributed by atoms with Crippen LogP contribution in [0.1, 0.15) is 26.2 Å². The van der Waals surface area contributed by atoms with Gasteiger partial charge in [0.05, 0.1) is 0 Å². The fraction of sp³-hybridized carbons (Fsp3) is 0.625. The van der Waals surface area contributed by atoms with Crippen molar-refractivity contribution in [1.82, 2.24) is 0 Å². The second kappa shape index (κ2) is 7.92. The van der Waals surface area contributed by atoms with Crippen molar-refractivity contribution in [1.29, 1.82) is 0 Å². The highest BCUT2D eigenvalue weighted by molar-refractivity contribution is 6.70. The highest BCUT2D eigenvalue weighted by Gasteiger charge is 2.22. The fourth-order valence-electron chi connectivity index (χ4n) is 1.69. The first-order valence-corrected chi connectivity index (χ1v) is 14.8. The SMILES string of the molecule is CCCCC1=CC=CC(=NO[Si](C)(C)C)C1=NO[Si](C)(C)C. The lowest BCUT2D eigenvalue weighted by molar-refractivity contribution is 0.331. The van der Waals surface area contributed by atoms with Gasteiger partial charge in [-0.05, 0) is 63.8 Å². The van der Waals surface area contributed by atoms with Crippen LogP contribution in [0.2, 0.25) is 39.3 Å². The van der Waals surface area contributed by atoms with Gasteiger partial charge < -0.3 is 9.05 Å². The zero-order valence-corrected chi connectivity index (χ0v) is 17.1. The summed E-state index contributed by atoms with van der Waals surface area (Å²) in [5, 5.41) is 8.78. The standard InChI is InChI=1S/C16H30N2O2Si2/c1-8-9-11-14-12-10-13-15(17-19-21(2,3)4)16(14)18-20-22(5,6)7/h10,12-13H,8-9,11H2,1-7H3. The van der Waals surface area contributed by atoms with Crippen molar-refractivity contribution in [2.24, 2.45) is 10.3 Å². The van der Waals surface area contributed by atoms with Crippen LogP contribution in [0, 0.1) is 0 Å². The maximum Gasteiger partial charge on any atom is 0.278 e. The van der Waals surface area contributed by atoms with Gasteiger partial charge in [0.25, 0.3) is 16.6 Å². The Hall–Kier alpha value is -1.15. The van der Waals surface area contributed by atoms with Crippen molar-refractivity contribution in [3.8, 4) is 0 Å². The second-order valence-electron chi connectivity index (χ2n) is 7.48. The molecule has 1 rings (SSSR count). The molecule has 0 aromatic rings. The zero-order chi connectivity index (χ0) is 16.8. The van der Waals surface area contributed by atoms with E-state index in [9.17, 15) is 0 Å². The molecule has 0 saturated heterocycles. The van der Waals surface area contributed by atoms with Crippen LogP contribution >= 0.6 is 0 Å². The van der Waals surface area contributed by atoms with E-state index in [-0.39, 0.29) is 0 Å². The van der Waals surface area contributed by atoms with Gasteiger partial charge >= 0.3 is 0 Å². The number of nitrogens with zero attached hydrogens (tertiary/aromatic N) is 2. The Morgan fingerprint density at radius 3 is 2.09 bits per heavy atom. The van der Waals surface area contributed by atoms with Crippen LogP contribution < -0.4 is 0 Å². The van der Waals surface area contributed by atoms with E-state index in [1.165, 1.54) is 5.57 Å². The number of hydrogen-bond donors (Lipinski definition) is 0. The minimum absolute atomic E-state index is 0.772. The average Bonchev–Trinajstić information content (AvgIpc) is 2.39. The average molecular weight is 339 g/mol. The fourth-order valence-corrected chi connectivity index (χ4v) is 2.43. The lowest BCUT2D eigenvalue weighted by Gasteiger charge is -2.19. The number of rotatable bonds is 7. The normalized spacial score (nSPS) is 19.5. The molecule has 0 atom stereocenters. The molecule has 22 heavy (non-hydrogen) atoms. The van der Waals surface area contributed by atoms with Crippen molar-refractivity contribution in [2.45, 2.75) is 65.5 Å². The number of hydrogen-bond acceptors (Lipinski definition) is 4. The van der Waals surface area contributed by atoms with Gasteiger partial charge in [-0.2, -0.15) is 0 Å². The summed E-state index contributed by atoms with van der Waals surface area (Å²) in [6, 6.07) is 0. The Morgan fingerprint density at radius 2 is 1.55 bits per heavy atom. The van der Waals surface area contributed by atoms with Gasteiger partial charge in [-0.3, -0.25) is 0 Å². The molecule has 0 radical (unpaired) electrons. The first-order valence-electron chi connectivity index (χ1n) is 8.03. The van der Waals surface area contributed by atoms with E-state index in [2.05, 4.69) is 62.6 Å². The third-order valence-electron chi connectivity index (χ3n) is 2.73. The molecule has 124 valence electrons. The minimum Gasteiger partial charge on any atom is -0.455 e. The lowest BCUT2D eigenvalue weighted by atomic mass is 9.96. The summed E-state index contributed by atoms with van der Waals surface area (Å²) in [7, 11) is -3.42. The van der Waals surface area contributed by atoms with E-state index in [4.69, 9.17) is 9.05 Å². The van der Waals surface area contributed by atoms with E-state index in [1.54, 1.807) is 0 Å². The predicted molar refractivity (Wildman–Crippen MR) is 100 cm³/mol. The number of allylic oxidation sites excluding steroid dienone is 4. The molecule has 6 heteroatoms. The van der Waals surface area contributed by atoms with E-state index in [1.807, 2.05) is 12.2 Å². The van der Waals surface area contributed by atoms with Crippen molar-refractivity contribution in [3.63, 3.8) is 0 Å². The lowest BCUT2D eigenvalue weighted by Crippen LogP contribution is -2.28. The molecule has 1 aliphatic carbocycles. The monoisotopic (exact) mass is 338 g/mol. The molecule has 0 amide bonds. The smallest absolute Gasteiger partial charge is 0.278 e. The summed E-state index contributed by atoms with van der Waals surface area (Å²) in [4.78, 5) is 0. The van der Waals surface area contributed by atoms with E-state index >= 15 is 0 Å². The van der Waals surface area contributed by atoms with Crippen LogP contribution in [0.4, 0.5) is 0 Å². The molecule has 0 N–H and O–H groups in total. The summed E-state index contributed by atoms with van der Waals surface area (Å²) >= 11 is 0. The van der Waals surface area contributed by atoms with E-state index in [0.717, 1.165) is 30.7 Å². The summed E-state index contributed by atoms with van der Waals surface area (Å²) < 4.78 is 11.5. The molecular weight excluding hydrogens is 308 g/mol. The van der Waals surface area contributed by atoms with Crippen LogP contribution in [0.15, 0.2) is 34.1 Å². The second-order valence-corrected chi connectivity index (χ2v) is 16.3. The zero-order valence-electron chi connectivity index (χ0n) is 15.1. The molecule has 0 heterocycles. The summed E-state index contributed by atoms with van der Waals surface area (Å²) in [5.74, 6) is 0. The third kappa shape index (κ3) is 7.22. The molecule has 1 aliphatic rings. The first kappa shape index (κ1) is 18.9. The molecular formula is C16H30N2O2Si2. The molecule has 0 saturated carbocycles. The Balaban J connectivity index is 3.04. The van der Waals surface area contributed by atoms with Gasteiger partial charge in [-0.25, -0.2) is 0 Å². The van der Waals surface area contributed by atoms with Crippen LogP contribution in [0.5, 0.6) is 0 Å². The van der Waals surface area contributed by atoms with E-state index in [0.29, 0.717) is 0 Å². The minimum atomic E-state index is -1.72. The number of oxime groups is 2. The quantitative estimate of drug-likeness (QED) is 0.369. The van der Waals surface area contributed by atoms with Crippen LogP contribution in [-0.2, 0) is 9.05 Å². The van der Waals surface area contributed by atoms with E-state index < -0.39 is 16.6 Å². The predicted octanol–water partition coefficient (Wildman–Crippen LogP) is 5.09. The summed E-state index contributed by atoms with van der Waals surface area (Å²) in [6.07, 6.45) is 9.35. The first-order chi connectivity index (χ1) is 10.1. The van der Waals surface area contributed by atoms with Gasteiger partial charge in [0.15, 0.2) is 0 Å². The van der Waals surface area contributed by atoms with Crippen molar-refractivity contribution in [2.75, 3.05) is 0 Å². The number of unbranched alkanes of at least 4 members (excludes halogenated alkanes) is 1. The van der Waals surface area contributed by atoms with Crippen LogP contribution in [-0.4, -0.2) is 28.1 Å². The van der Waals surface area contributed by atoms with Gasteiger partial charge in [0.2, 0.25) is 0 Å². The van der Waals surface area contributed by atoms with Crippen molar-refractivity contribution in [3.05, 3.63) is 23.8 Å². The Morgan fingerprint density at radius 1 is 0.955 bits per heavy atom. The molecule has 0 spiro atoms. The highest BCUT2D eigenvalue weighted by atomic mass is 28.4. The molecule has 0 aromatic heterocycles. The van der Waals surface area contributed by atoms with Gasteiger partial charge in [-0.1, -0.05) is 35.8 Å². The summed E-state index contributed by atoms with van der Waals surface area (Å²) in [5.41, 5.74) is 2.78. The Kier molecular flexibility index (Phi) is 6.80. The Bertz CT molecular complexity index is 495. The largest absolute Gasteiger partial charge is 0.455 e. The van der Waals surface area contributed by atoms with Gasteiger partial charge in [-0.15, -0.1) is 0 Å². The van der Waals surface area contributed by atoms with Crippen LogP contribution in [0.3, 0.4) is 0 Å². The molecule has 0 aromatic carbocycles. The van der Waals surface area contributed by atoms with Gasteiger partial charge in [0, 0.05) is 0 Å². The van der Waals surface area contributed by atoms with Crippen molar-refractivity contribution >= 4 is 28.1 Å². The van der Waals surface area contributed by atoms with Crippen molar-refractivity contribution < 1.29 is 9.05 Å². The Labute approximate surface area is 137 Å². The molecule has 0 aliphatic heterocycles. The van der Waals surface area contributed by atoms with Crippen LogP contribution in [0.25, 0.3) is 0 Å². The maximum atomic E-state index is 5.77. The highest BCUT2D eigenvalue weighted by Crippen LogP contribution is 2.18. The van der Waals surface area contributed by atoms with Gasteiger partial charge in [0.1, 0.15) is 11.4 Å². The molecule has 0 bridgehead atoms. The third-order valence-corrected chi connectivity index (χ3v) is 4.00. The molecule has 0 unspecified atom stereocenters. The molecule has 4 nitrogen and oxygen atoms in total. The molecule has 0 fully saturated rings. The summed E-state index contributed by atoms with van der Waals surface area (Å²) in [6.45, 7) is 14.9. The maximum absolute atomic E-state index is 5.77. The topological polar surface area (TPSA) is 43.2 Å².